The van der Waals surface area contributed by atoms with Crippen LogP contribution in [0.4, 0.5) is 0 Å². The van der Waals surface area contributed by atoms with Gasteiger partial charge in [-0.15, -0.1) is 0 Å². The molecule has 3 N–H and O–H groups in total. The highest BCUT2D eigenvalue weighted by molar-refractivity contribution is 5.67. The van der Waals surface area contributed by atoms with Crippen LogP contribution in [0.5, 0.6) is 0 Å². The van der Waals surface area contributed by atoms with Crippen LogP contribution in [0.25, 0.3) is 11.2 Å². The van der Waals surface area contributed by atoms with Crippen molar-refractivity contribution in [1.82, 2.24) is 19.9 Å². The van der Waals surface area contributed by atoms with Crippen molar-refractivity contribution in [2.24, 2.45) is 0 Å². The van der Waals surface area contributed by atoms with Crippen LogP contribution in [0.15, 0.2) is 18.9 Å². The Bertz CT molecular complexity index is 317. The molecule has 0 aliphatic rings. The minimum absolute atomic E-state index is 0.125. The largest absolute Gasteiger partial charge is 0.394 e. The highest BCUT2D eigenvalue weighted by Gasteiger charge is 1.91. The first-order chi connectivity index (χ1) is 6.38. The van der Waals surface area contributed by atoms with Crippen LogP contribution < -0.4 is 0 Å². The van der Waals surface area contributed by atoms with E-state index in [1.165, 1.54) is 6.33 Å². The lowest BCUT2D eigenvalue weighted by atomic mass is 10.6. The topological polar surface area (TPSA) is 94.9 Å². The number of fused-ring (bicyclic) bond motifs is 1. The molecule has 0 unspecified atom stereocenters. The van der Waals surface area contributed by atoms with Crippen molar-refractivity contribution in [1.29, 1.82) is 0 Å². The molecule has 2 rings (SSSR count). The van der Waals surface area contributed by atoms with Gasteiger partial charge < -0.3 is 15.2 Å². The zero-order valence-electron chi connectivity index (χ0n) is 6.88. The quantitative estimate of drug-likeness (QED) is 0.543. The molecular weight excluding hydrogens is 172 g/mol. The van der Waals surface area contributed by atoms with E-state index in [0.717, 1.165) is 5.52 Å². The van der Waals surface area contributed by atoms with Gasteiger partial charge in [0, 0.05) is 0 Å². The normalized spacial score (nSPS) is 9.38. The summed E-state index contributed by atoms with van der Waals surface area (Å²) in [5.41, 5.74) is 1.59. The molecule has 2 heterocycles. The average Bonchev–Trinajstić information content (AvgIpc) is 2.66. The fourth-order valence-electron chi connectivity index (χ4n) is 0.691. The number of rotatable bonds is 1. The molecule has 0 aliphatic carbocycles. The number of aliphatic hydroxyl groups is 2. The van der Waals surface area contributed by atoms with Crippen molar-refractivity contribution in [2.75, 3.05) is 13.2 Å². The molecule has 0 fully saturated rings. The zero-order valence-corrected chi connectivity index (χ0v) is 6.88. The van der Waals surface area contributed by atoms with Crippen molar-refractivity contribution in [3.8, 4) is 0 Å². The fourth-order valence-corrected chi connectivity index (χ4v) is 0.691. The van der Waals surface area contributed by atoms with E-state index in [1.54, 1.807) is 12.5 Å². The number of hydrogen-bond donors (Lipinski definition) is 3. The van der Waals surface area contributed by atoms with Gasteiger partial charge in [-0.1, -0.05) is 0 Å². The summed E-state index contributed by atoms with van der Waals surface area (Å²) in [4.78, 5) is 14.5. The fraction of sp³-hybridized carbons (Fsp3) is 0.286. The SMILES string of the molecule is OCCO.c1ncc2[nH]cnc2n1. The molecule has 0 spiro atoms. The minimum atomic E-state index is -0.125. The highest BCUT2D eigenvalue weighted by atomic mass is 16.3. The summed E-state index contributed by atoms with van der Waals surface area (Å²) in [5.74, 6) is 0. The lowest BCUT2D eigenvalue weighted by molar-refractivity contribution is 0.186. The maximum Gasteiger partial charge on any atom is 0.180 e. The molecule has 6 heteroatoms. The molecule has 6 nitrogen and oxygen atoms in total. The first kappa shape index (κ1) is 9.56. The van der Waals surface area contributed by atoms with Gasteiger partial charge in [0.15, 0.2) is 5.65 Å². The number of hydrogen-bond acceptors (Lipinski definition) is 5. The molecule has 0 saturated carbocycles. The van der Waals surface area contributed by atoms with Crippen LogP contribution in [-0.4, -0.2) is 43.4 Å². The van der Waals surface area contributed by atoms with Gasteiger partial charge in [0.2, 0.25) is 0 Å². The van der Waals surface area contributed by atoms with Crippen LogP contribution >= 0.6 is 0 Å². The Hall–Kier alpha value is -1.53. The summed E-state index contributed by atoms with van der Waals surface area (Å²) in [5, 5.41) is 15.2. The third-order valence-corrected chi connectivity index (χ3v) is 1.20. The minimum Gasteiger partial charge on any atom is -0.394 e. The van der Waals surface area contributed by atoms with Gasteiger partial charge in [0.1, 0.15) is 11.8 Å². The molecule has 13 heavy (non-hydrogen) atoms. The second-order valence-corrected chi connectivity index (χ2v) is 2.11. The average molecular weight is 182 g/mol. The first-order valence-corrected chi connectivity index (χ1v) is 3.69. The molecule has 70 valence electrons. The Kier molecular flexibility index (Phi) is 3.80. The maximum absolute atomic E-state index is 7.62. The Morgan fingerprint density at radius 3 is 2.62 bits per heavy atom. The van der Waals surface area contributed by atoms with Gasteiger partial charge in [0.25, 0.3) is 0 Å². The number of imidazole rings is 1. The van der Waals surface area contributed by atoms with Gasteiger partial charge in [-0.3, -0.25) is 0 Å². The lowest BCUT2D eigenvalue weighted by Gasteiger charge is -1.80. The summed E-state index contributed by atoms with van der Waals surface area (Å²) < 4.78 is 0. The van der Waals surface area contributed by atoms with E-state index in [-0.39, 0.29) is 13.2 Å². The molecule has 2 aromatic rings. The standard InChI is InChI=1S/C5H4N4.C2H6O2/c1-4-5(8-2-6-1)9-3-7-4;3-1-2-4/h1-3H,(H,6,7,8,9);3-4H,1-2H2. The van der Waals surface area contributed by atoms with Gasteiger partial charge in [0.05, 0.1) is 25.7 Å². The van der Waals surface area contributed by atoms with Crippen LogP contribution in [-0.2, 0) is 0 Å². The second kappa shape index (κ2) is 5.18. The number of H-pyrrole nitrogens is 1. The molecule has 0 amide bonds. The van der Waals surface area contributed by atoms with E-state index in [4.69, 9.17) is 10.2 Å². The van der Waals surface area contributed by atoms with Crippen LogP contribution in [0.3, 0.4) is 0 Å². The van der Waals surface area contributed by atoms with E-state index < -0.39 is 0 Å². The van der Waals surface area contributed by atoms with Crippen LogP contribution in [0.1, 0.15) is 0 Å². The predicted molar refractivity (Wildman–Crippen MR) is 45.9 cm³/mol. The van der Waals surface area contributed by atoms with E-state index in [1.807, 2.05) is 0 Å². The Morgan fingerprint density at radius 2 is 2.00 bits per heavy atom. The third-order valence-electron chi connectivity index (χ3n) is 1.20. The summed E-state index contributed by atoms with van der Waals surface area (Å²) >= 11 is 0. The van der Waals surface area contributed by atoms with E-state index in [0.29, 0.717) is 5.65 Å². The third kappa shape index (κ3) is 2.77. The number of aromatic amines is 1. The van der Waals surface area contributed by atoms with Crippen molar-refractivity contribution in [3.05, 3.63) is 18.9 Å². The first-order valence-electron chi connectivity index (χ1n) is 3.69. The predicted octanol–water partition coefficient (Wildman–Crippen LogP) is -0.676. The number of aromatic nitrogens is 4. The Labute approximate surface area is 74.3 Å². The molecule has 0 saturated heterocycles. The van der Waals surface area contributed by atoms with Crippen LogP contribution in [0.2, 0.25) is 0 Å². The van der Waals surface area contributed by atoms with Gasteiger partial charge in [-0.25, -0.2) is 15.0 Å². The van der Waals surface area contributed by atoms with E-state index >= 15 is 0 Å². The molecule has 0 aromatic carbocycles. The lowest BCUT2D eigenvalue weighted by Crippen LogP contribution is -1.85. The highest BCUT2D eigenvalue weighted by Crippen LogP contribution is 1.99. The number of aliphatic hydroxyl groups excluding tert-OH is 2. The Morgan fingerprint density at radius 1 is 1.23 bits per heavy atom. The summed E-state index contributed by atoms with van der Waals surface area (Å²) in [6.45, 7) is -0.250. The smallest absolute Gasteiger partial charge is 0.180 e. The van der Waals surface area contributed by atoms with Crippen molar-refractivity contribution < 1.29 is 10.2 Å². The van der Waals surface area contributed by atoms with Crippen molar-refractivity contribution >= 4 is 11.2 Å². The monoisotopic (exact) mass is 182 g/mol. The summed E-state index contributed by atoms with van der Waals surface area (Å²) in [6, 6.07) is 0. The van der Waals surface area contributed by atoms with E-state index in [2.05, 4.69) is 19.9 Å². The molecule has 0 bridgehead atoms. The second-order valence-electron chi connectivity index (χ2n) is 2.11. The molecule has 0 radical (unpaired) electrons. The molecular formula is C7H10N4O2. The Balaban J connectivity index is 0.000000184. The van der Waals surface area contributed by atoms with Crippen molar-refractivity contribution in [2.45, 2.75) is 0 Å². The summed E-state index contributed by atoms with van der Waals surface area (Å²) in [7, 11) is 0. The van der Waals surface area contributed by atoms with E-state index in [9.17, 15) is 0 Å². The maximum atomic E-state index is 7.62. The van der Waals surface area contributed by atoms with Gasteiger partial charge in [-0.05, 0) is 0 Å². The van der Waals surface area contributed by atoms with Gasteiger partial charge >= 0.3 is 0 Å². The van der Waals surface area contributed by atoms with Crippen LogP contribution in [0, 0.1) is 0 Å². The zero-order chi connectivity index (χ0) is 9.52. The molecule has 0 aliphatic heterocycles. The van der Waals surface area contributed by atoms with Crippen molar-refractivity contribution in [3.63, 3.8) is 0 Å². The molecule has 0 atom stereocenters. The summed E-state index contributed by atoms with van der Waals surface area (Å²) in [6.07, 6.45) is 4.76. The number of nitrogens with one attached hydrogen (secondary N) is 1. The molecule has 2 aromatic heterocycles. The van der Waals surface area contributed by atoms with Gasteiger partial charge in [-0.2, -0.15) is 0 Å². The number of nitrogens with zero attached hydrogens (tertiary/aromatic N) is 3.